The molecule has 0 nitrogen and oxygen atoms in total. The van der Waals surface area contributed by atoms with Crippen LogP contribution in [0.25, 0.3) is 9.75 Å². The fourth-order valence-electron chi connectivity index (χ4n) is 7.71. The molecule has 0 bridgehead atoms. The molecule has 0 fully saturated rings. The van der Waals surface area contributed by atoms with Crippen molar-refractivity contribution in [1.29, 1.82) is 0 Å². The standard InChI is InChI=1S/C40H62S2Si/c1-6-9-12-15-17-20-22-34-25-27-36(28-26-34)43(37-29-32(4)41-39(37)40-38(43)30-33(5)42-40)31-35(23-19-14-11-8-3)24-21-18-16-13-10-7-2/h25-30,35H,6-24,31H2,1-5H3. The summed E-state index contributed by atoms with van der Waals surface area (Å²) < 4.78 is 0. The molecule has 1 aromatic carbocycles. The molecular weight excluding hydrogens is 573 g/mol. The van der Waals surface area contributed by atoms with Gasteiger partial charge >= 0.3 is 0 Å². The molecule has 0 amide bonds. The summed E-state index contributed by atoms with van der Waals surface area (Å²) in [5.41, 5.74) is 1.55. The molecule has 0 aliphatic carbocycles. The Morgan fingerprint density at radius 1 is 0.558 bits per heavy atom. The van der Waals surface area contributed by atoms with Crippen LogP contribution in [-0.2, 0) is 6.42 Å². The van der Waals surface area contributed by atoms with Crippen LogP contribution in [0.15, 0.2) is 36.4 Å². The number of benzene rings is 1. The van der Waals surface area contributed by atoms with E-state index in [-0.39, 0.29) is 0 Å². The van der Waals surface area contributed by atoms with Gasteiger partial charge in [0.25, 0.3) is 0 Å². The van der Waals surface area contributed by atoms with E-state index >= 15 is 0 Å². The molecule has 1 aliphatic rings. The van der Waals surface area contributed by atoms with Gasteiger partial charge in [0.15, 0.2) is 8.07 Å². The first-order chi connectivity index (χ1) is 21.0. The van der Waals surface area contributed by atoms with Crippen LogP contribution in [0.3, 0.4) is 0 Å². The third kappa shape index (κ3) is 9.20. The first kappa shape index (κ1) is 34.7. The van der Waals surface area contributed by atoms with Crippen LogP contribution in [0.5, 0.6) is 0 Å². The van der Waals surface area contributed by atoms with Crippen molar-refractivity contribution in [2.24, 2.45) is 5.92 Å². The van der Waals surface area contributed by atoms with Gasteiger partial charge in [-0.25, -0.2) is 0 Å². The third-order valence-corrected chi connectivity index (χ3v) is 17.9. The second-order valence-corrected chi connectivity index (χ2v) is 20.2. The summed E-state index contributed by atoms with van der Waals surface area (Å²) in [6, 6.07) is 16.9. The highest BCUT2D eigenvalue weighted by Crippen LogP contribution is 2.42. The molecule has 1 aliphatic heterocycles. The van der Waals surface area contributed by atoms with Gasteiger partial charge in [-0.15, -0.1) is 22.7 Å². The van der Waals surface area contributed by atoms with Crippen LogP contribution in [0.1, 0.15) is 152 Å². The first-order valence-corrected chi connectivity index (χ1v) is 22.2. The van der Waals surface area contributed by atoms with E-state index < -0.39 is 8.07 Å². The van der Waals surface area contributed by atoms with E-state index in [4.69, 9.17) is 0 Å². The molecule has 2 aromatic heterocycles. The maximum Gasteiger partial charge on any atom is 0.152 e. The number of hydrogen-bond donors (Lipinski definition) is 0. The molecule has 0 N–H and O–H groups in total. The lowest BCUT2D eigenvalue weighted by Crippen LogP contribution is -2.65. The maximum absolute atomic E-state index is 2.64. The van der Waals surface area contributed by atoms with Gasteiger partial charge in [0.1, 0.15) is 0 Å². The van der Waals surface area contributed by atoms with Crippen molar-refractivity contribution in [1.82, 2.24) is 0 Å². The van der Waals surface area contributed by atoms with E-state index in [9.17, 15) is 0 Å². The van der Waals surface area contributed by atoms with Crippen molar-refractivity contribution >= 4 is 46.3 Å². The second kappa shape index (κ2) is 18.1. The summed E-state index contributed by atoms with van der Waals surface area (Å²) in [4.78, 5) is 6.29. The van der Waals surface area contributed by atoms with Crippen LogP contribution in [0.4, 0.5) is 0 Å². The summed E-state index contributed by atoms with van der Waals surface area (Å²) in [6.45, 7) is 11.7. The molecule has 0 spiro atoms. The molecule has 1 unspecified atom stereocenters. The summed E-state index contributed by atoms with van der Waals surface area (Å²) >= 11 is 4.16. The zero-order valence-corrected chi connectivity index (χ0v) is 31.1. The Balaban J connectivity index is 1.61. The van der Waals surface area contributed by atoms with Crippen molar-refractivity contribution in [3.8, 4) is 9.75 Å². The van der Waals surface area contributed by atoms with Gasteiger partial charge in [-0.2, -0.15) is 0 Å². The van der Waals surface area contributed by atoms with Gasteiger partial charge in [0.05, 0.1) is 0 Å². The highest BCUT2D eigenvalue weighted by atomic mass is 32.1. The number of thiophene rings is 2. The van der Waals surface area contributed by atoms with E-state index in [0.29, 0.717) is 0 Å². The predicted octanol–water partition coefficient (Wildman–Crippen LogP) is 12.1. The molecule has 43 heavy (non-hydrogen) atoms. The quantitative estimate of drug-likeness (QED) is 0.0762. The van der Waals surface area contributed by atoms with Gasteiger partial charge in [-0.05, 0) is 71.9 Å². The summed E-state index contributed by atoms with van der Waals surface area (Å²) in [5.74, 6) is 0.844. The Morgan fingerprint density at radius 2 is 1.00 bits per heavy atom. The Morgan fingerprint density at radius 3 is 1.51 bits per heavy atom. The van der Waals surface area contributed by atoms with Crippen molar-refractivity contribution in [3.05, 3.63) is 51.7 Å². The van der Waals surface area contributed by atoms with Gasteiger partial charge in [0, 0.05) is 19.5 Å². The van der Waals surface area contributed by atoms with Crippen molar-refractivity contribution in [2.75, 3.05) is 0 Å². The van der Waals surface area contributed by atoms with Crippen LogP contribution < -0.4 is 15.6 Å². The zero-order valence-electron chi connectivity index (χ0n) is 28.5. The largest absolute Gasteiger partial charge is 0.152 e. The Bertz CT molecular complexity index is 1150. The monoisotopic (exact) mass is 634 g/mol. The lowest BCUT2D eigenvalue weighted by atomic mass is 9.96. The Hall–Kier alpha value is -1.16. The van der Waals surface area contributed by atoms with Gasteiger partial charge in [-0.1, -0.05) is 154 Å². The Labute approximate surface area is 275 Å². The zero-order chi connectivity index (χ0) is 30.5. The molecule has 0 saturated carbocycles. The normalized spacial score (nSPS) is 14.3. The fourth-order valence-corrected chi connectivity index (χ4v) is 17.0. The van der Waals surface area contributed by atoms with E-state index in [1.54, 1.807) is 30.9 Å². The van der Waals surface area contributed by atoms with Crippen LogP contribution in [0, 0.1) is 19.8 Å². The minimum atomic E-state index is -2.08. The average molecular weight is 635 g/mol. The van der Waals surface area contributed by atoms with E-state index in [0.717, 1.165) is 5.92 Å². The number of aryl methyl sites for hydroxylation is 3. The van der Waals surface area contributed by atoms with Crippen LogP contribution in [-0.4, -0.2) is 8.07 Å². The second-order valence-electron chi connectivity index (χ2n) is 13.8. The molecule has 0 radical (unpaired) electrons. The fraction of sp³-hybridized carbons (Fsp3) is 0.650. The van der Waals surface area contributed by atoms with Crippen LogP contribution in [0.2, 0.25) is 6.04 Å². The van der Waals surface area contributed by atoms with Gasteiger partial charge in [-0.3, -0.25) is 0 Å². The summed E-state index contributed by atoms with van der Waals surface area (Å²) in [7, 11) is -2.08. The number of fused-ring (bicyclic) bond motifs is 3. The van der Waals surface area contributed by atoms with Gasteiger partial charge in [0.2, 0.25) is 0 Å². The first-order valence-electron chi connectivity index (χ1n) is 18.3. The van der Waals surface area contributed by atoms with Crippen molar-refractivity contribution < 1.29 is 0 Å². The smallest absolute Gasteiger partial charge is 0.140 e. The Kier molecular flexibility index (Phi) is 14.6. The lowest BCUT2D eigenvalue weighted by Gasteiger charge is -2.34. The topological polar surface area (TPSA) is 0 Å². The molecule has 3 aromatic rings. The number of unbranched alkanes of at least 4 members (excludes halogenated alkanes) is 13. The lowest BCUT2D eigenvalue weighted by molar-refractivity contribution is 0.431. The minimum Gasteiger partial charge on any atom is -0.140 e. The SMILES string of the molecule is CCCCCCCCc1ccc([Si]2(CC(CCCCCC)CCCCCCCC)c3cc(C)sc3-c3sc(C)cc32)cc1. The summed E-state index contributed by atoms with van der Waals surface area (Å²) in [6.07, 6.45) is 26.4. The molecular formula is C40H62S2Si. The average Bonchev–Trinajstić information content (AvgIpc) is 3.65. The highest BCUT2D eigenvalue weighted by Gasteiger charge is 2.50. The van der Waals surface area contributed by atoms with Crippen molar-refractivity contribution in [2.45, 2.75) is 163 Å². The molecule has 0 saturated heterocycles. The predicted molar refractivity (Wildman–Crippen MR) is 200 cm³/mol. The summed E-state index contributed by atoms with van der Waals surface area (Å²) in [5, 5.41) is 5.22. The third-order valence-electron chi connectivity index (χ3n) is 10.1. The molecule has 4 rings (SSSR count). The highest BCUT2D eigenvalue weighted by molar-refractivity contribution is 7.31. The van der Waals surface area contributed by atoms with E-state index in [2.05, 4.69) is 93.7 Å². The number of rotatable bonds is 22. The minimum absolute atomic E-state index is 0.844. The maximum atomic E-state index is 2.64. The van der Waals surface area contributed by atoms with Gasteiger partial charge < -0.3 is 0 Å². The molecule has 3 heteroatoms. The van der Waals surface area contributed by atoms with Crippen LogP contribution >= 0.6 is 22.7 Å². The van der Waals surface area contributed by atoms with Crippen molar-refractivity contribution in [3.63, 3.8) is 0 Å². The van der Waals surface area contributed by atoms with E-state index in [1.807, 2.05) is 0 Å². The number of hydrogen-bond acceptors (Lipinski definition) is 2. The molecule has 1 atom stereocenters. The molecule has 3 heterocycles. The van der Waals surface area contributed by atoms with E-state index in [1.165, 1.54) is 138 Å². The molecule has 238 valence electrons.